The number of benzene rings is 1. The van der Waals surface area contributed by atoms with E-state index in [9.17, 15) is 4.79 Å². The van der Waals surface area contributed by atoms with Crippen LogP contribution >= 0.6 is 11.6 Å². The van der Waals surface area contributed by atoms with E-state index in [0.717, 1.165) is 39.2 Å². The number of nitrogens with zero attached hydrogens (tertiary/aromatic N) is 5. The van der Waals surface area contributed by atoms with Crippen LogP contribution < -0.4 is 15.6 Å². The zero-order valence-electron chi connectivity index (χ0n) is 20.7. The minimum atomic E-state index is -0.162. The Hall–Kier alpha value is -4.24. The van der Waals surface area contributed by atoms with Crippen LogP contribution in [0.3, 0.4) is 0 Å². The third-order valence-electron chi connectivity index (χ3n) is 6.23. The first kappa shape index (κ1) is 24.5. The fourth-order valence-electron chi connectivity index (χ4n) is 4.25. The molecule has 5 aromatic rings. The fourth-order valence-corrected chi connectivity index (χ4v) is 4.43. The number of fused-ring (bicyclic) bond motifs is 1. The van der Waals surface area contributed by atoms with E-state index < -0.39 is 0 Å². The van der Waals surface area contributed by atoms with Crippen LogP contribution in [0.2, 0.25) is 5.02 Å². The van der Waals surface area contributed by atoms with Crippen molar-refractivity contribution in [3.05, 3.63) is 104 Å². The molecule has 0 fully saturated rings. The van der Waals surface area contributed by atoms with Gasteiger partial charge < -0.3 is 15.0 Å². The summed E-state index contributed by atoms with van der Waals surface area (Å²) >= 11 is 6.21. The summed E-state index contributed by atoms with van der Waals surface area (Å²) in [6.45, 7) is 5.17. The van der Waals surface area contributed by atoms with Gasteiger partial charge in [-0.3, -0.25) is 9.48 Å². The van der Waals surface area contributed by atoms with Crippen LogP contribution in [-0.4, -0.2) is 36.8 Å². The van der Waals surface area contributed by atoms with Gasteiger partial charge in [-0.15, -0.1) is 0 Å². The van der Waals surface area contributed by atoms with Crippen molar-refractivity contribution in [2.75, 3.05) is 12.4 Å². The number of hydrogen-bond acceptors (Lipinski definition) is 7. The minimum absolute atomic E-state index is 0.162. The zero-order chi connectivity index (χ0) is 25.9. The SMILES string of the molecule is COc1cc(C)c(CNc2ncnc3nn(Cc4ccc(Cc5[nH]c(=O)ccc5Cl)cc4)cc23)c(C)n1. The van der Waals surface area contributed by atoms with Gasteiger partial charge in [-0.05, 0) is 42.2 Å². The maximum absolute atomic E-state index is 11.6. The van der Waals surface area contributed by atoms with E-state index in [-0.39, 0.29) is 5.56 Å². The standard InChI is InChI=1S/C27H26ClN7O2/c1-16-10-25(37-3)32-17(2)20(16)12-29-26-21-14-35(34-27(21)31-15-30-26)13-19-6-4-18(5-7-19)11-23-22(28)8-9-24(36)33-23/h4-10,14-15H,11-13H2,1-3H3,(H,33,36)(H,29,30,31,34). The van der Waals surface area contributed by atoms with Crippen LogP contribution in [0.25, 0.3) is 11.0 Å². The van der Waals surface area contributed by atoms with Gasteiger partial charge in [0.1, 0.15) is 12.1 Å². The van der Waals surface area contributed by atoms with Gasteiger partial charge in [-0.25, -0.2) is 15.0 Å². The molecule has 37 heavy (non-hydrogen) atoms. The van der Waals surface area contributed by atoms with Crippen LogP contribution in [0.5, 0.6) is 5.88 Å². The molecule has 10 heteroatoms. The highest BCUT2D eigenvalue weighted by molar-refractivity contribution is 6.31. The van der Waals surface area contributed by atoms with Crippen LogP contribution in [0, 0.1) is 13.8 Å². The summed E-state index contributed by atoms with van der Waals surface area (Å²) in [5, 5.41) is 9.44. The highest BCUT2D eigenvalue weighted by Crippen LogP contribution is 2.23. The zero-order valence-corrected chi connectivity index (χ0v) is 21.5. The number of aromatic amines is 1. The highest BCUT2D eigenvalue weighted by atomic mass is 35.5. The van der Waals surface area contributed by atoms with Crippen molar-refractivity contribution in [3.8, 4) is 5.88 Å². The van der Waals surface area contributed by atoms with Gasteiger partial charge in [0.05, 0.1) is 24.1 Å². The lowest BCUT2D eigenvalue weighted by atomic mass is 10.1. The van der Waals surface area contributed by atoms with Crippen LogP contribution in [0.1, 0.15) is 33.6 Å². The Kier molecular flexibility index (Phi) is 6.87. The third-order valence-corrected chi connectivity index (χ3v) is 6.58. The second-order valence-corrected chi connectivity index (χ2v) is 9.23. The Balaban J connectivity index is 1.30. The molecule has 1 aromatic carbocycles. The molecule has 0 spiro atoms. The number of nitrogens with one attached hydrogen (secondary N) is 2. The molecule has 4 aromatic heterocycles. The molecule has 188 valence electrons. The molecule has 0 unspecified atom stereocenters. The number of aryl methyl sites for hydroxylation is 2. The van der Waals surface area contributed by atoms with Crippen molar-refractivity contribution in [1.29, 1.82) is 0 Å². The number of pyridine rings is 2. The van der Waals surface area contributed by atoms with E-state index in [1.807, 2.05) is 55.1 Å². The molecule has 0 amide bonds. The average molecular weight is 516 g/mol. The molecule has 4 heterocycles. The molecule has 0 saturated heterocycles. The maximum Gasteiger partial charge on any atom is 0.248 e. The normalized spacial score (nSPS) is 11.1. The third kappa shape index (κ3) is 5.46. The van der Waals surface area contributed by atoms with Gasteiger partial charge in [0.2, 0.25) is 11.4 Å². The molecule has 0 aliphatic carbocycles. The lowest BCUT2D eigenvalue weighted by Crippen LogP contribution is -2.07. The van der Waals surface area contributed by atoms with Crippen molar-refractivity contribution in [2.24, 2.45) is 0 Å². The summed E-state index contributed by atoms with van der Waals surface area (Å²) < 4.78 is 7.12. The van der Waals surface area contributed by atoms with Crippen LogP contribution in [-0.2, 0) is 19.5 Å². The Morgan fingerprint density at radius 3 is 2.62 bits per heavy atom. The summed E-state index contributed by atoms with van der Waals surface area (Å²) in [4.78, 5) is 27.7. The topological polar surface area (TPSA) is 111 Å². The number of halogens is 1. The average Bonchev–Trinajstić information content (AvgIpc) is 3.30. The Labute approximate surface area is 218 Å². The van der Waals surface area contributed by atoms with E-state index in [4.69, 9.17) is 16.3 Å². The first-order valence-electron chi connectivity index (χ1n) is 11.8. The summed E-state index contributed by atoms with van der Waals surface area (Å²) in [5.41, 5.74) is 6.41. The van der Waals surface area contributed by atoms with Gasteiger partial charge in [0.15, 0.2) is 5.65 Å². The van der Waals surface area contributed by atoms with Crippen LogP contribution in [0.15, 0.2) is 59.8 Å². The Morgan fingerprint density at radius 1 is 1.08 bits per heavy atom. The first-order chi connectivity index (χ1) is 17.9. The van der Waals surface area contributed by atoms with E-state index in [0.29, 0.717) is 41.8 Å². The monoisotopic (exact) mass is 515 g/mol. The van der Waals surface area contributed by atoms with Gasteiger partial charge in [-0.1, -0.05) is 35.9 Å². The van der Waals surface area contributed by atoms with Gasteiger partial charge in [-0.2, -0.15) is 5.10 Å². The fraction of sp³-hybridized carbons (Fsp3) is 0.222. The predicted molar refractivity (Wildman–Crippen MR) is 143 cm³/mol. The van der Waals surface area contributed by atoms with E-state index >= 15 is 0 Å². The lowest BCUT2D eigenvalue weighted by molar-refractivity contribution is 0.396. The van der Waals surface area contributed by atoms with Crippen LogP contribution in [0.4, 0.5) is 5.82 Å². The number of H-pyrrole nitrogens is 1. The molecule has 0 aliphatic rings. The number of anilines is 1. The smallest absolute Gasteiger partial charge is 0.248 e. The second kappa shape index (κ2) is 10.4. The first-order valence-corrected chi connectivity index (χ1v) is 12.2. The van der Waals surface area contributed by atoms with Crippen molar-refractivity contribution in [3.63, 3.8) is 0 Å². The molecular weight excluding hydrogens is 490 g/mol. The minimum Gasteiger partial charge on any atom is -0.481 e. The van der Waals surface area contributed by atoms with Crippen molar-refractivity contribution < 1.29 is 4.74 Å². The number of aromatic nitrogens is 6. The van der Waals surface area contributed by atoms with E-state index in [2.05, 4.69) is 30.4 Å². The predicted octanol–water partition coefficient (Wildman–Crippen LogP) is 4.44. The largest absolute Gasteiger partial charge is 0.481 e. The Bertz CT molecular complexity index is 1600. The quantitative estimate of drug-likeness (QED) is 0.314. The number of hydrogen-bond donors (Lipinski definition) is 2. The Morgan fingerprint density at radius 2 is 1.86 bits per heavy atom. The summed E-state index contributed by atoms with van der Waals surface area (Å²) in [5.74, 6) is 1.33. The summed E-state index contributed by atoms with van der Waals surface area (Å²) in [6, 6.07) is 13.1. The van der Waals surface area contributed by atoms with Gasteiger partial charge >= 0.3 is 0 Å². The van der Waals surface area contributed by atoms with Crippen molar-refractivity contribution in [1.82, 2.24) is 29.7 Å². The number of ether oxygens (including phenoxy) is 1. The summed E-state index contributed by atoms with van der Waals surface area (Å²) in [6.07, 6.45) is 4.02. The van der Waals surface area contributed by atoms with Crippen molar-refractivity contribution >= 4 is 28.5 Å². The van der Waals surface area contributed by atoms with Crippen molar-refractivity contribution in [2.45, 2.75) is 33.4 Å². The molecule has 0 aliphatic heterocycles. The molecule has 9 nitrogen and oxygen atoms in total. The number of methoxy groups -OCH3 is 1. The van der Waals surface area contributed by atoms with E-state index in [1.54, 1.807) is 13.2 Å². The molecule has 5 rings (SSSR count). The van der Waals surface area contributed by atoms with Gasteiger partial charge in [0, 0.05) is 42.7 Å². The highest BCUT2D eigenvalue weighted by Gasteiger charge is 2.12. The lowest BCUT2D eigenvalue weighted by Gasteiger charge is -2.12. The maximum atomic E-state index is 11.6. The molecule has 0 bridgehead atoms. The molecule has 0 saturated carbocycles. The molecule has 2 N–H and O–H groups in total. The summed E-state index contributed by atoms with van der Waals surface area (Å²) in [7, 11) is 1.62. The second-order valence-electron chi connectivity index (χ2n) is 8.83. The molecule has 0 radical (unpaired) electrons. The van der Waals surface area contributed by atoms with E-state index in [1.165, 1.54) is 12.4 Å². The molecular formula is C27H26ClN7O2. The molecule has 0 atom stereocenters. The number of rotatable bonds is 8. The van der Waals surface area contributed by atoms with Gasteiger partial charge in [0.25, 0.3) is 0 Å².